The summed E-state index contributed by atoms with van der Waals surface area (Å²) in [7, 11) is 0. The first kappa shape index (κ1) is 79.6. The summed E-state index contributed by atoms with van der Waals surface area (Å²) in [6.45, 7) is 4.89. The molecule has 0 radical (unpaired) electrons. The molecular formula is C76H141NO5. The third kappa shape index (κ3) is 66.7. The number of allylic oxidation sites excluding steroid dienone is 9. The van der Waals surface area contributed by atoms with E-state index in [0.717, 1.165) is 57.8 Å². The summed E-state index contributed by atoms with van der Waals surface area (Å²) in [4.78, 5) is 24.5. The molecule has 0 aliphatic carbocycles. The third-order valence-corrected chi connectivity index (χ3v) is 16.8. The minimum absolute atomic E-state index is 0.00434. The van der Waals surface area contributed by atoms with Gasteiger partial charge in [0.15, 0.2) is 0 Å². The Bertz CT molecular complexity index is 1420. The number of esters is 1. The van der Waals surface area contributed by atoms with E-state index in [9.17, 15) is 19.8 Å². The molecule has 6 nitrogen and oxygen atoms in total. The Morgan fingerprint density at radius 1 is 0.341 bits per heavy atom. The van der Waals surface area contributed by atoms with E-state index >= 15 is 0 Å². The van der Waals surface area contributed by atoms with Crippen LogP contribution in [0.3, 0.4) is 0 Å². The van der Waals surface area contributed by atoms with Gasteiger partial charge < -0.3 is 20.3 Å². The van der Waals surface area contributed by atoms with E-state index in [0.29, 0.717) is 19.4 Å². The van der Waals surface area contributed by atoms with Crippen LogP contribution in [0.25, 0.3) is 0 Å². The van der Waals surface area contributed by atoms with Gasteiger partial charge in [0.05, 0.1) is 25.4 Å². The average Bonchev–Trinajstić information content (AvgIpc) is 3.48. The molecule has 6 heteroatoms. The van der Waals surface area contributed by atoms with Gasteiger partial charge in [-0.15, -0.1) is 0 Å². The van der Waals surface area contributed by atoms with E-state index in [1.807, 2.05) is 6.08 Å². The molecule has 3 N–H and O–H groups in total. The SMILES string of the molecule is CCCCC/C=C\C/C=C\CCCCCCCC(=O)OCCCCCCCCCCCCCCC/C=C\C/C=C\CCCCCCCCCCCCCCCCCCCC(=O)NC(CO)C(O)/C=C/CCCCCCCCCCCCC. The number of nitrogens with one attached hydrogen (secondary N) is 1. The van der Waals surface area contributed by atoms with Crippen molar-refractivity contribution in [3.05, 3.63) is 60.8 Å². The molecule has 0 aliphatic rings. The Balaban J connectivity index is 3.37. The predicted molar refractivity (Wildman–Crippen MR) is 361 cm³/mol. The number of carbonyl (C=O) groups excluding carboxylic acids is 2. The van der Waals surface area contributed by atoms with Crippen LogP contribution < -0.4 is 5.32 Å². The summed E-state index contributed by atoms with van der Waals surface area (Å²) in [6.07, 6.45) is 94.7. The normalized spacial score (nSPS) is 12.9. The van der Waals surface area contributed by atoms with Gasteiger partial charge >= 0.3 is 5.97 Å². The maximum atomic E-state index is 12.5. The number of hydrogen-bond donors (Lipinski definition) is 3. The molecule has 0 aliphatic heterocycles. The second kappa shape index (κ2) is 71.0. The van der Waals surface area contributed by atoms with Crippen molar-refractivity contribution in [1.82, 2.24) is 5.32 Å². The Labute approximate surface area is 511 Å². The summed E-state index contributed by atoms with van der Waals surface area (Å²) < 4.78 is 5.49. The van der Waals surface area contributed by atoms with Crippen molar-refractivity contribution in [1.29, 1.82) is 0 Å². The largest absolute Gasteiger partial charge is 0.466 e. The van der Waals surface area contributed by atoms with Crippen LogP contribution in [-0.4, -0.2) is 47.4 Å². The lowest BCUT2D eigenvalue weighted by Gasteiger charge is -2.20. The average molecular weight is 1150 g/mol. The Kier molecular flexibility index (Phi) is 68.9. The molecule has 1 amide bonds. The molecule has 0 rings (SSSR count). The highest BCUT2D eigenvalue weighted by molar-refractivity contribution is 5.76. The summed E-state index contributed by atoms with van der Waals surface area (Å²) in [6, 6.07) is -0.626. The van der Waals surface area contributed by atoms with Crippen LogP contribution in [0.4, 0.5) is 0 Å². The van der Waals surface area contributed by atoms with Crippen molar-refractivity contribution in [2.45, 2.75) is 398 Å². The molecular weight excluding hydrogens is 1010 g/mol. The van der Waals surface area contributed by atoms with E-state index < -0.39 is 12.1 Å². The van der Waals surface area contributed by atoms with Gasteiger partial charge in [0.25, 0.3) is 0 Å². The van der Waals surface area contributed by atoms with Crippen LogP contribution in [0.15, 0.2) is 60.8 Å². The second-order valence-corrected chi connectivity index (χ2v) is 24.9. The number of unbranched alkanes of at least 4 members (excludes halogenated alkanes) is 49. The van der Waals surface area contributed by atoms with Crippen LogP contribution >= 0.6 is 0 Å². The molecule has 0 aromatic carbocycles. The predicted octanol–water partition coefficient (Wildman–Crippen LogP) is 23.8. The maximum Gasteiger partial charge on any atom is 0.305 e. The zero-order chi connectivity index (χ0) is 59.2. The molecule has 0 bridgehead atoms. The Morgan fingerprint density at radius 3 is 0.951 bits per heavy atom. The lowest BCUT2D eigenvalue weighted by atomic mass is 10.0. The van der Waals surface area contributed by atoms with Crippen molar-refractivity contribution in [2.24, 2.45) is 0 Å². The van der Waals surface area contributed by atoms with Crippen LogP contribution in [0.5, 0.6) is 0 Å². The number of aliphatic hydroxyl groups is 2. The molecule has 0 aromatic rings. The Morgan fingerprint density at radius 2 is 0.610 bits per heavy atom. The number of carbonyl (C=O) groups is 2. The topological polar surface area (TPSA) is 95.9 Å². The fraction of sp³-hybridized carbons (Fsp3) is 0.842. The number of amides is 1. The van der Waals surface area contributed by atoms with Crippen molar-refractivity contribution in [3.63, 3.8) is 0 Å². The van der Waals surface area contributed by atoms with Gasteiger partial charge in [0.1, 0.15) is 0 Å². The minimum atomic E-state index is -0.842. The fourth-order valence-electron chi connectivity index (χ4n) is 11.2. The number of aliphatic hydroxyl groups excluding tert-OH is 2. The number of hydrogen-bond acceptors (Lipinski definition) is 5. The van der Waals surface area contributed by atoms with Crippen LogP contribution in [0, 0.1) is 0 Å². The zero-order valence-electron chi connectivity index (χ0n) is 55.0. The van der Waals surface area contributed by atoms with Gasteiger partial charge in [-0.1, -0.05) is 338 Å². The summed E-state index contributed by atoms with van der Waals surface area (Å²) >= 11 is 0. The van der Waals surface area contributed by atoms with Crippen molar-refractivity contribution < 1.29 is 24.5 Å². The molecule has 0 fully saturated rings. The molecule has 0 heterocycles. The van der Waals surface area contributed by atoms with Gasteiger partial charge in [-0.3, -0.25) is 9.59 Å². The summed E-state index contributed by atoms with van der Waals surface area (Å²) in [5, 5.41) is 23.1. The molecule has 0 saturated carbocycles. The number of rotatable bonds is 68. The molecule has 480 valence electrons. The first-order chi connectivity index (χ1) is 40.5. The highest BCUT2D eigenvalue weighted by atomic mass is 16.5. The van der Waals surface area contributed by atoms with Crippen LogP contribution in [0.2, 0.25) is 0 Å². The second-order valence-electron chi connectivity index (χ2n) is 24.9. The fourth-order valence-corrected chi connectivity index (χ4v) is 11.2. The Hall–Kier alpha value is -2.44. The maximum absolute atomic E-state index is 12.5. The van der Waals surface area contributed by atoms with Crippen molar-refractivity contribution in [2.75, 3.05) is 13.2 Å². The monoisotopic (exact) mass is 1150 g/mol. The van der Waals surface area contributed by atoms with Crippen molar-refractivity contribution >= 4 is 11.9 Å². The lowest BCUT2D eigenvalue weighted by molar-refractivity contribution is -0.143. The van der Waals surface area contributed by atoms with E-state index in [4.69, 9.17) is 4.74 Å². The third-order valence-electron chi connectivity index (χ3n) is 16.8. The van der Waals surface area contributed by atoms with Crippen LogP contribution in [-0.2, 0) is 14.3 Å². The summed E-state index contributed by atoms with van der Waals surface area (Å²) in [5.41, 5.74) is 0. The smallest absolute Gasteiger partial charge is 0.305 e. The number of ether oxygens (including phenoxy) is 1. The van der Waals surface area contributed by atoms with Crippen LogP contribution in [0.1, 0.15) is 386 Å². The highest BCUT2D eigenvalue weighted by Gasteiger charge is 2.18. The van der Waals surface area contributed by atoms with E-state index in [2.05, 4.69) is 67.8 Å². The van der Waals surface area contributed by atoms with Gasteiger partial charge in [0.2, 0.25) is 5.91 Å². The van der Waals surface area contributed by atoms with Gasteiger partial charge in [-0.05, 0) is 96.3 Å². The van der Waals surface area contributed by atoms with E-state index in [1.54, 1.807) is 6.08 Å². The molecule has 82 heavy (non-hydrogen) atoms. The molecule has 0 spiro atoms. The van der Waals surface area contributed by atoms with Gasteiger partial charge in [-0.2, -0.15) is 0 Å². The van der Waals surface area contributed by atoms with Gasteiger partial charge in [-0.25, -0.2) is 0 Å². The van der Waals surface area contributed by atoms with E-state index in [-0.39, 0.29) is 18.5 Å². The lowest BCUT2D eigenvalue weighted by Crippen LogP contribution is -2.45. The quantitative estimate of drug-likeness (QED) is 0.0320. The molecule has 0 saturated heterocycles. The molecule has 2 unspecified atom stereocenters. The first-order valence-electron chi connectivity index (χ1n) is 36.6. The molecule has 0 aromatic heterocycles. The van der Waals surface area contributed by atoms with Crippen molar-refractivity contribution in [3.8, 4) is 0 Å². The minimum Gasteiger partial charge on any atom is -0.466 e. The van der Waals surface area contributed by atoms with E-state index in [1.165, 1.54) is 302 Å². The zero-order valence-corrected chi connectivity index (χ0v) is 55.0. The first-order valence-corrected chi connectivity index (χ1v) is 36.6. The van der Waals surface area contributed by atoms with Gasteiger partial charge in [0, 0.05) is 12.8 Å². The summed E-state index contributed by atoms with van der Waals surface area (Å²) in [5.74, 6) is -0.0602. The standard InChI is InChI=1S/C76H141NO5/c1-3-5-7-9-11-13-15-17-41-46-50-54-58-62-66-70-76(81)82-71-67-63-59-55-51-47-43-40-38-36-34-32-30-28-26-24-22-20-18-19-21-23-25-27-29-31-33-35-37-39-42-45-49-53-57-61-65-69-75(80)77-73(72-78)74(79)68-64-60-56-52-48-44-16-14-12-10-8-6-4-2/h11,13,17-18,20,24,26,41,64,68,73-74,78-79H,3-10,12,14-16,19,21-23,25,27-40,42-63,65-67,69-72H2,1-2H3,(H,77,80)/b13-11-,20-18-,26-24-,41-17-,68-64+. The molecule has 2 atom stereocenters. The highest BCUT2D eigenvalue weighted by Crippen LogP contribution is 2.18.